The van der Waals surface area contributed by atoms with Crippen LogP contribution in [-0.2, 0) is 13.0 Å². The van der Waals surface area contributed by atoms with Gasteiger partial charge in [-0.2, -0.15) is 0 Å². The summed E-state index contributed by atoms with van der Waals surface area (Å²) in [5.74, 6) is 1.34. The Morgan fingerprint density at radius 3 is 2.46 bits per heavy atom. The highest BCUT2D eigenvalue weighted by Gasteiger charge is 2.20. The summed E-state index contributed by atoms with van der Waals surface area (Å²) in [5, 5.41) is 0. The predicted octanol–water partition coefficient (Wildman–Crippen LogP) is 3.64. The zero-order valence-corrected chi connectivity index (χ0v) is 15.5. The first-order valence-electron chi connectivity index (χ1n) is 9.47. The molecule has 2 N–H and O–H groups in total. The third-order valence-electron chi connectivity index (χ3n) is 5.14. The summed E-state index contributed by atoms with van der Waals surface area (Å²) in [6.45, 7) is 5.91. The summed E-state index contributed by atoms with van der Waals surface area (Å²) in [6, 6.07) is 16.1. The van der Waals surface area contributed by atoms with Crippen molar-refractivity contribution in [3.05, 3.63) is 65.2 Å². The van der Waals surface area contributed by atoms with E-state index in [1.165, 1.54) is 24.0 Å². The van der Waals surface area contributed by atoms with E-state index in [4.69, 9.17) is 10.5 Å². The molecule has 0 saturated carbocycles. The second-order valence-corrected chi connectivity index (χ2v) is 7.03. The maximum absolute atomic E-state index is 11.2. The number of nitrogens with two attached hydrogens (primary N) is 1. The van der Waals surface area contributed by atoms with Gasteiger partial charge in [-0.25, -0.2) is 0 Å². The summed E-state index contributed by atoms with van der Waals surface area (Å²) in [7, 11) is 0. The number of para-hydroxylation sites is 1. The monoisotopic (exact) mass is 352 g/mol. The molecule has 4 nitrogen and oxygen atoms in total. The van der Waals surface area contributed by atoms with Gasteiger partial charge < -0.3 is 10.5 Å². The normalized spacial score (nSPS) is 15.7. The third-order valence-corrected chi connectivity index (χ3v) is 5.14. The first kappa shape index (κ1) is 18.5. The molecule has 0 radical (unpaired) electrons. The fraction of sp³-hybridized carbons (Fsp3) is 0.409. The van der Waals surface area contributed by atoms with E-state index >= 15 is 0 Å². The highest BCUT2D eigenvalue weighted by Crippen LogP contribution is 2.25. The molecular weight excluding hydrogens is 324 g/mol. The van der Waals surface area contributed by atoms with Gasteiger partial charge in [-0.15, -0.1) is 0 Å². The zero-order chi connectivity index (χ0) is 18.4. The van der Waals surface area contributed by atoms with Crippen LogP contribution in [0.2, 0.25) is 0 Å². The Hall–Kier alpha value is -2.33. The first-order chi connectivity index (χ1) is 12.7. The molecule has 138 valence electrons. The van der Waals surface area contributed by atoms with Gasteiger partial charge in [-0.3, -0.25) is 9.69 Å². The minimum absolute atomic E-state index is 0.364. The molecular formula is C22H28N2O2. The molecule has 0 unspecified atom stereocenters. The summed E-state index contributed by atoms with van der Waals surface area (Å²) >= 11 is 0. The fourth-order valence-corrected chi connectivity index (χ4v) is 3.66. The van der Waals surface area contributed by atoms with Crippen LogP contribution < -0.4 is 10.5 Å². The quantitative estimate of drug-likeness (QED) is 0.828. The maximum Gasteiger partial charge on any atom is 0.248 e. The van der Waals surface area contributed by atoms with E-state index in [0.717, 1.165) is 31.8 Å². The number of benzene rings is 2. The number of hydrogen-bond acceptors (Lipinski definition) is 3. The van der Waals surface area contributed by atoms with E-state index in [0.29, 0.717) is 18.1 Å². The van der Waals surface area contributed by atoms with E-state index in [2.05, 4.69) is 23.1 Å². The van der Waals surface area contributed by atoms with Crippen LogP contribution in [0.5, 0.6) is 5.75 Å². The Kier molecular flexibility index (Phi) is 6.29. The van der Waals surface area contributed by atoms with Crippen LogP contribution in [0.1, 0.15) is 41.3 Å². The molecule has 0 atom stereocenters. The van der Waals surface area contributed by atoms with Gasteiger partial charge in [0.05, 0.1) is 6.61 Å². The van der Waals surface area contributed by atoms with Crippen molar-refractivity contribution in [2.75, 3.05) is 19.7 Å². The SMILES string of the molecule is CCOc1ccccc1CN1CCC(Cc2ccc(C(N)=O)cc2)CC1. The molecule has 1 saturated heterocycles. The molecule has 1 aliphatic rings. The zero-order valence-electron chi connectivity index (χ0n) is 15.5. The fourth-order valence-electron chi connectivity index (χ4n) is 3.66. The van der Waals surface area contributed by atoms with Crippen molar-refractivity contribution in [3.8, 4) is 5.75 Å². The van der Waals surface area contributed by atoms with Crippen molar-refractivity contribution < 1.29 is 9.53 Å². The number of primary amides is 1. The standard InChI is InChI=1S/C22H28N2O2/c1-2-26-21-6-4-3-5-20(21)16-24-13-11-18(12-14-24)15-17-7-9-19(10-8-17)22(23)25/h3-10,18H,2,11-16H2,1H3,(H2,23,25). The Morgan fingerprint density at radius 1 is 1.12 bits per heavy atom. The summed E-state index contributed by atoms with van der Waals surface area (Å²) < 4.78 is 5.75. The summed E-state index contributed by atoms with van der Waals surface area (Å²) in [6.07, 6.45) is 3.48. The Balaban J connectivity index is 1.50. The van der Waals surface area contributed by atoms with Gasteiger partial charge in [0.25, 0.3) is 0 Å². The number of carbonyl (C=O) groups is 1. The van der Waals surface area contributed by atoms with E-state index in [-0.39, 0.29) is 5.91 Å². The number of ether oxygens (including phenoxy) is 1. The number of likely N-dealkylation sites (tertiary alicyclic amines) is 1. The molecule has 1 aliphatic heterocycles. The van der Waals surface area contributed by atoms with E-state index in [1.54, 1.807) is 0 Å². The highest BCUT2D eigenvalue weighted by molar-refractivity contribution is 5.92. The van der Waals surface area contributed by atoms with E-state index in [9.17, 15) is 4.79 Å². The Labute approximate surface area is 156 Å². The Bertz CT molecular complexity index is 719. The van der Waals surface area contributed by atoms with Gasteiger partial charge in [-0.1, -0.05) is 30.3 Å². The molecule has 1 amide bonds. The van der Waals surface area contributed by atoms with Gasteiger partial charge in [0.2, 0.25) is 5.91 Å². The molecule has 4 heteroatoms. The lowest BCUT2D eigenvalue weighted by Crippen LogP contribution is -2.34. The van der Waals surface area contributed by atoms with Gasteiger partial charge in [0.1, 0.15) is 5.75 Å². The molecule has 26 heavy (non-hydrogen) atoms. The van der Waals surface area contributed by atoms with Gasteiger partial charge in [0, 0.05) is 17.7 Å². The van der Waals surface area contributed by atoms with Crippen molar-refractivity contribution in [2.24, 2.45) is 11.7 Å². The van der Waals surface area contributed by atoms with Crippen LogP contribution >= 0.6 is 0 Å². The molecule has 0 bridgehead atoms. The summed E-state index contributed by atoms with van der Waals surface area (Å²) in [5.41, 5.74) is 8.44. The van der Waals surface area contributed by atoms with Crippen molar-refractivity contribution in [1.82, 2.24) is 4.90 Å². The van der Waals surface area contributed by atoms with Gasteiger partial charge in [-0.05, 0) is 69.0 Å². The molecule has 0 spiro atoms. The van der Waals surface area contributed by atoms with E-state index < -0.39 is 0 Å². The van der Waals surface area contributed by atoms with Crippen LogP contribution in [0.3, 0.4) is 0 Å². The van der Waals surface area contributed by atoms with Crippen molar-refractivity contribution >= 4 is 5.91 Å². The van der Waals surface area contributed by atoms with Crippen LogP contribution in [-0.4, -0.2) is 30.5 Å². The molecule has 1 fully saturated rings. The molecule has 2 aromatic rings. The lowest BCUT2D eigenvalue weighted by molar-refractivity contribution is 0.100. The van der Waals surface area contributed by atoms with Crippen molar-refractivity contribution in [3.63, 3.8) is 0 Å². The predicted molar refractivity (Wildman–Crippen MR) is 104 cm³/mol. The maximum atomic E-state index is 11.2. The van der Waals surface area contributed by atoms with Gasteiger partial charge in [0.15, 0.2) is 0 Å². The number of carbonyl (C=O) groups excluding carboxylic acids is 1. The second kappa shape index (κ2) is 8.86. The number of amides is 1. The minimum atomic E-state index is -0.364. The lowest BCUT2D eigenvalue weighted by atomic mass is 9.89. The average Bonchev–Trinajstić information content (AvgIpc) is 2.65. The third kappa shape index (κ3) is 4.85. The Morgan fingerprint density at radius 2 is 1.81 bits per heavy atom. The van der Waals surface area contributed by atoms with Crippen molar-refractivity contribution in [1.29, 1.82) is 0 Å². The second-order valence-electron chi connectivity index (χ2n) is 7.03. The molecule has 1 heterocycles. The highest BCUT2D eigenvalue weighted by atomic mass is 16.5. The topological polar surface area (TPSA) is 55.6 Å². The molecule has 2 aromatic carbocycles. The van der Waals surface area contributed by atoms with Crippen LogP contribution in [0.15, 0.2) is 48.5 Å². The number of rotatable bonds is 7. The average molecular weight is 352 g/mol. The van der Waals surface area contributed by atoms with Crippen LogP contribution in [0.4, 0.5) is 0 Å². The largest absolute Gasteiger partial charge is 0.494 e. The van der Waals surface area contributed by atoms with Crippen LogP contribution in [0.25, 0.3) is 0 Å². The number of hydrogen-bond donors (Lipinski definition) is 1. The number of piperidine rings is 1. The minimum Gasteiger partial charge on any atom is -0.494 e. The lowest BCUT2D eigenvalue weighted by Gasteiger charge is -2.32. The molecule has 0 aromatic heterocycles. The summed E-state index contributed by atoms with van der Waals surface area (Å²) in [4.78, 5) is 13.7. The smallest absolute Gasteiger partial charge is 0.248 e. The number of nitrogens with zero attached hydrogens (tertiary/aromatic N) is 1. The molecule has 3 rings (SSSR count). The van der Waals surface area contributed by atoms with E-state index in [1.807, 2.05) is 37.3 Å². The van der Waals surface area contributed by atoms with Gasteiger partial charge >= 0.3 is 0 Å². The first-order valence-corrected chi connectivity index (χ1v) is 9.47. The van der Waals surface area contributed by atoms with Crippen LogP contribution in [0, 0.1) is 5.92 Å². The molecule has 0 aliphatic carbocycles. The van der Waals surface area contributed by atoms with Crippen molar-refractivity contribution in [2.45, 2.75) is 32.7 Å².